The smallest absolute Gasteiger partial charge is 0.276 e. The quantitative estimate of drug-likeness (QED) is 0.866. The minimum absolute atomic E-state index is 0.165. The lowest BCUT2D eigenvalue weighted by atomic mass is 9.89. The van der Waals surface area contributed by atoms with Crippen molar-refractivity contribution in [2.45, 2.75) is 44.7 Å². The first kappa shape index (κ1) is 14.8. The number of rotatable bonds is 2. The molecule has 124 valence electrons. The molecule has 8 heteroatoms. The molecule has 1 aliphatic heterocycles. The lowest BCUT2D eigenvalue weighted by Crippen LogP contribution is -2.48. The summed E-state index contributed by atoms with van der Waals surface area (Å²) in [5, 5.41) is 13.4. The number of pyridine rings is 1. The first-order valence-corrected chi connectivity index (χ1v) is 8.10. The van der Waals surface area contributed by atoms with Gasteiger partial charge in [0, 0.05) is 0 Å². The number of hydrogen-bond acceptors (Lipinski definition) is 6. The van der Waals surface area contributed by atoms with Crippen LogP contribution in [0.15, 0.2) is 23.4 Å². The number of fused-ring (bicyclic) bond motifs is 2. The minimum Gasteiger partial charge on any atom is -0.334 e. The largest absolute Gasteiger partial charge is 0.334 e. The van der Waals surface area contributed by atoms with E-state index in [4.69, 9.17) is 0 Å². The molecule has 4 rings (SSSR count). The molecule has 0 saturated heterocycles. The van der Waals surface area contributed by atoms with Crippen molar-refractivity contribution in [2.75, 3.05) is 5.32 Å². The van der Waals surface area contributed by atoms with Crippen LogP contribution in [0.3, 0.4) is 0 Å². The van der Waals surface area contributed by atoms with Gasteiger partial charge in [0.15, 0.2) is 5.82 Å². The average Bonchev–Trinajstić information content (AvgIpc) is 2.86. The summed E-state index contributed by atoms with van der Waals surface area (Å²) < 4.78 is 1.65. The Morgan fingerprint density at radius 1 is 1.21 bits per heavy atom. The Hall–Kier alpha value is -2.77. The first-order valence-electron chi connectivity index (χ1n) is 8.10. The third-order valence-corrected chi connectivity index (χ3v) is 4.82. The summed E-state index contributed by atoms with van der Waals surface area (Å²) >= 11 is 0. The molecule has 0 radical (unpaired) electrons. The molecular weight excluding hydrogens is 308 g/mol. The maximum absolute atomic E-state index is 13.1. The van der Waals surface area contributed by atoms with Gasteiger partial charge in [-0.1, -0.05) is 6.42 Å². The third kappa shape index (κ3) is 2.17. The van der Waals surface area contributed by atoms with Crippen LogP contribution in [0, 0.1) is 6.92 Å². The predicted octanol–water partition coefficient (Wildman–Crippen LogP) is 1.45. The van der Waals surface area contributed by atoms with Crippen LogP contribution in [0.2, 0.25) is 0 Å². The van der Waals surface area contributed by atoms with Gasteiger partial charge in [-0.05, 0) is 44.2 Å². The molecular formula is C16H18N6O2. The number of aryl methyl sites for hydroxylation is 1. The number of hydrogen-bond donors (Lipinski definition) is 2. The number of carbonyl (C=O) groups excluding carboxylic acids is 1. The van der Waals surface area contributed by atoms with Crippen LogP contribution in [0.25, 0.3) is 0 Å². The van der Waals surface area contributed by atoms with Crippen molar-refractivity contribution in [1.82, 2.24) is 25.1 Å². The number of nitrogens with one attached hydrogen (secondary N) is 2. The Morgan fingerprint density at radius 2 is 2.00 bits per heavy atom. The number of aromatic nitrogens is 4. The van der Waals surface area contributed by atoms with Crippen LogP contribution in [0.5, 0.6) is 0 Å². The fourth-order valence-electron chi connectivity index (χ4n) is 3.78. The normalized spacial score (nSPS) is 18.3. The summed E-state index contributed by atoms with van der Waals surface area (Å²) in [7, 11) is 0. The summed E-state index contributed by atoms with van der Waals surface area (Å²) in [5.74, 6) is 0.277. The highest BCUT2D eigenvalue weighted by molar-refractivity contribution is 5.97. The van der Waals surface area contributed by atoms with Gasteiger partial charge in [0.05, 0.1) is 6.20 Å². The molecule has 1 spiro atoms. The first-order chi connectivity index (χ1) is 11.6. The molecule has 2 aromatic heterocycles. The standard InChI is InChI=1S/C16H18N6O2/c1-10-7-11(20-12-8-18-19-9-17-12)15(24)22-13(10)14(23)21-16(22)5-3-2-4-6-16/h7-9H,2-6H2,1H3,(H,21,23)(H,17,19,20). The van der Waals surface area contributed by atoms with Crippen molar-refractivity contribution >= 4 is 17.4 Å². The Morgan fingerprint density at radius 3 is 2.71 bits per heavy atom. The number of carbonyl (C=O) groups is 1. The van der Waals surface area contributed by atoms with Gasteiger partial charge >= 0.3 is 0 Å². The monoisotopic (exact) mass is 326 g/mol. The van der Waals surface area contributed by atoms with Gasteiger partial charge in [-0.3, -0.25) is 14.2 Å². The number of nitrogens with zero attached hydrogens (tertiary/aromatic N) is 4. The van der Waals surface area contributed by atoms with Crippen LogP contribution in [-0.2, 0) is 5.66 Å². The van der Waals surface area contributed by atoms with E-state index in [9.17, 15) is 9.59 Å². The SMILES string of the molecule is Cc1cc(Nc2cnncn2)c(=O)n2c1C(=O)NC21CCCCC1. The van der Waals surface area contributed by atoms with Crippen molar-refractivity contribution in [3.8, 4) is 0 Å². The molecule has 1 amide bonds. The zero-order valence-corrected chi connectivity index (χ0v) is 13.4. The van der Waals surface area contributed by atoms with E-state index >= 15 is 0 Å². The van der Waals surface area contributed by atoms with Gasteiger partial charge in [-0.25, -0.2) is 4.98 Å². The Kier molecular flexibility index (Phi) is 3.33. The second-order valence-electron chi connectivity index (χ2n) is 6.39. The zero-order valence-electron chi connectivity index (χ0n) is 13.4. The van der Waals surface area contributed by atoms with E-state index in [1.165, 1.54) is 12.5 Å². The summed E-state index contributed by atoms with van der Waals surface area (Å²) in [6, 6.07) is 1.69. The predicted molar refractivity (Wildman–Crippen MR) is 87.1 cm³/mol. The summed E-state index contributed by atoms with van der Waals surface area (Å²) in [5.41, 5.74) is 0.814. The molecule has 3 heterocycles. The molecule has 0 unspecified atom stereocenters. The molecule has 0 atom stereocenters. The fourth-order valence-corrected chi connectivity index (χ4v) is 3.78. The van der Waals surface area contributed by atoms with Crippen LogP contribution in [0.4, 0.5) is 11.5 Å². The molecule has 0 bridgehead atoms. The second-order valence-corrected chi connectivity index (χ2v) is 6.39. The molecule has 1 aliphatic carbocycles. The maximum Gasteiger partial charge on any atom is 0.276 e. The summed E-state index contributed by atoms with van der Waals surface area (Å²) in [6.07, 6.45) is 7.45. The molecule has 24 heavy (non-hydrogen) atoms. The third-order valence-electron chi connectivity index (χ3n) is 4.82. The van der Waals surface area contributed by atoms with E-state index in [0.29, 0.717) is 17.2 Å². The van der Waals surface area contributed by atoms with Crippen LogP contribution >= 0.6 is 0 Å². The Labute approximate surface area is 138 Å². The van der Waals surface area contributed by atoms with E-state index in [2.05, 4.69) is 25.8 Å². The molecule has 0 aromatic carbocycles. The second kappa shape index (κ2) is 5.40. The molecule has 2 N–H and O–H groups in total. The fraction of sp³-hybridized carbons (Fsp3) is 0.438. The van der Waals surface area contributed by atoms with Crippen molar-refractivity contribution in [1.29, 1.82) is 0 Å². The van der Waals surface area contributed by atoms with Crippen LogP contribution in [0.1, 0.15) is 48.2 Å². The molecule has 2 aliphatic rings. The Bertz CT molecular complexity index is 855. The van der Waals surface area contributed by atoms with E-state index in [1.54, 1.807) is 10.6 Å². The summed E-state index contributed by atoms with van der Waals surface area (Å²) in [6.45, 7) is 1.84. The maximum atomic E-state index is 13.1. The summed E-state index contributed by atoms with van der Waals surface area (Å²) in [4.78, 5) is 29.6. The zero-order chi connectivity index (χ0) is 16.7. The number of amides is 1. The van der Waals surface area contributed by atoms with Crippen molar-refractivity contribution in [3.63, 3.8) is 0 Å². The van der Waals surface area contributed by atoms with Gasteiger partial charge in [0.2, 0.25) is 0 Å². The van der Waals surface area contributed by atoms with Gasteiger partial charge in [0.1, 0.15) is 23.4 Å². The van der Waals surface area contributed by atoms with Gasteiger partial charge < -0.3 is 10.6 Å². The highest BCUT2D eigenvalue weighted by Crippen LogP contribution is 2.37. The molecule has 8 nitrogen and oxygen atoms in total. The van der Waals surface area contributed by atoms with E-state index in [0.717, 1.165) is 37.7 Å². The van der Waals surface area contributed by atoms with Gasteiger partial charge in [-0.2, -0.15) is 5.10 Å². The lowest BCUT2D eigenvalue weighted by molar-refractivity contribution is 0.0876. The highest BCUT2D eigenvalue weighted by Gasteiger charge is 2.45. The molecule has 1 fully saturated rings. The Balaban J connectivity index is 1.85. The van der Waals surface area contributed by atoms with Crippen LogP contribution in [-0.4, -0.2) is 25.7 Å². The highest BCUT2D eigenvalue weighted by atomic mass is 16.2. The van der Waals surface area contributed by atoms with E-state index in [-0.39, 0.29) is 11.5 Å². The molecule has 2 aromatic rings. The lowest BCUT2D eigenvalue weighted by Gasteiger charge is -2.35. The van der Waals surface area contributed by atoms with E-state index in [1.807, 2.05) is 6.92 Å². The van der Waals surface area contributed by atoms with Crippen molar-refractivity contribution in [2.24, 2.45) is 0 Å². The van der Waals surface area contributed by atoms with E-state index < -0.39 is 5.66 Å². The van der Waals surface area contributed by atoms with Crippen LogP contribution < -0.4 is 16.2 Å². The average molecular weight is 326 g/mol. The number of anilines is 2. The topological polar surface area (TPSA) is 102 Å². The van der Waals surface area contributed by atoms with Crippen molar-refractivity contribution in [3.05, 3.63) is 40.2 Å². The minimum atomic E-state index is -0.589. The molecule has 1 saturated carbocycles. The van der Waals surface area contributed by atoms with Crippen molar-refractivity contribution < 1.29 is 4.79 Å². The van der Waals surface area contributed by atoms with Gasteiger partial charge in [0.25, 0.3) is 11.5 Å². The van der Waals surface area contributed by atoms with Gasteiger partial charge in [-0.15, -0.1) is 5.10 Å².